The average molecular weight is 423 g/mol. The summed E-state index contributed by atoms with van der Waals surface area (Å²) in [5, 5.41) is 4.02. The summed E-state index contributed by atoms with van der Waals surface area (Å²) in [6, 6.07) is 12.6. The number of benzene rings is 2. The van der Waals surface area contributed by atoms with E-state index in [1.807, 2.05) is 36.4 Å². The van der Waals surface area contributed by atoms with E-state index in [0.29, 0.717) is 36.3 Å². The average Bonchev–Trinajstić information content (AvgIpc) is 2.69. The summed E-state index contributed by atoms with van der Waals surface area (Å²) >= 11 is 12.2. The van der Waals surface area contributed by atoms with Crippen LogP contribution in [0.5, 0.6) is 5.75 Å². The van der Waals surface area contributed by atoms with Crippen LogP contribution in [0, 0.1) is 0 Å². The number of rotatable bonds is 6. The van der Waals surface area contributed by atoms with Gasteiger partial charge in [0.25, 0.3) is 0 Å². The minimum atomic E-state index is -0.259. The van der Waals surface area contributed by atoms with Crippen LogP contribution in [0.4, 0.5) is 10.5 Å². The monoisotopic (exact) mass is 422 g/mol. The fourth-order valence-corrected chi connectivity index (χ4v) is 3.51. The Kier molecular flexibility index (Phi) is 7.43. The van der Waals surface area contributed by atoms with Crippen LogP contribution < -0.4 is 10.1 Å². The first-order chi connectivity index (χ1) is 13.5. The predicted octanol–water partition coefficient (Wildman–Crippen LogP) is 5.78. The third-order valence-electron chi connectivity index (χ3n) is 4.48. The first kappa shape index (κ1) is 20.8. The van der Waals surface area contributed by atoms with Gasteiger partial charge in [0.2, 0.25) is 0 Å². The number of hydrogen-bond acceptors (Lipinski definition) is 3. The Labute approximate surface area is 175 Å². The molecule has 28 heavy (non-hydrogen) atoms. The number of carbonyl (C=O) groups is 1. The van der Waals surface area contributed by atoms with E-state index in [1.54, 1.807) is 11.0 Å². The first-order valence-corrected chi connectivity index (χ1v) is 10.2. The van der Waals surface area contributed by atoms with Gasteiger partial charge < -0.3 is 19.7 Å². The summed E-state index contributed by atoms with van der Waals surface area (Å²) in [5.41, 5.74) is 1.59. The zero-order chi connectivity index (χ0) is 19.9. The third-order valence-corrected chi connectivity index (χ3v) is 4.92. The zero-order valence-electron chi connectivity index (χ0n) is 15.8. The number of anilines is 1. The van der Waals surface area contributed by atoms with Gasteiger partial charge in [-0.3, -0.25) is 0 Å². The van der Waals surface area contributed by atoms with E-state index in [4.69, 9.17) is 32.7 Å². The van der Waals surface area contributed by atoms with E-state index >= 15 is 0 Å². The highest BCUT2D eigenvalue weighted by Crippen LogP contribution is 2.28. The molecular weight excluding hydrogens is 399 g/mol. The van der Waals surface area contributed by atoms with E-state index in [-0.39, 0.29) is 12.1 Å². The van der Waals surface area contributed by atoms with Crippen LogP contribution in [0.15, 0.2) is 42.5 Å². The second kappa shape index (κ2) is 10.0. The van der Waals surface area contributed by atoms with Crippen molar-refractivity contribution in [1.29, 1.82) is 0 Å². The van der Waals surface area contributed by atoms with Crippen molar-refractivity contribution in [2.24, 2.45) is 0 Å². The highest BCUT2D eigenvalue weighted by Gasteiger charge is 2.26. The molecule has 0 saturated carbocycles. The van der Waals surface area contributed by atoms with Gasteiger partial charge in [-0.2, -0.15) is 0 Å². The number of carbonyl (C=O) groups excluding carboxylic acids is 1. The molecule has 2 aromatic carbocycles. The Hall–Kier alpha value is -1.95. The van der Waals surface area contributed by atoms with Crippen molar-refractivity contribution in [1.82, 2.24) is 4.90 Å². The molecule has 1 aliphatic rings. The SMILES string of the molecule is CCCCOc1ccc(NC(=O)N2CCOC(c3cc(Cl)cc(Cl)c3)C2)cc1. The van der Waals surface area contributed by atoms with Crippen molar-refractivity contribution in [3.63, 3.8) is 0 Å². The van der Waals surface area contributed by atoms with Crippen LogP contribution in [0.25, 0.3) is 0 Å². The van der Waals surface area contributed by atoms with Crippen molar-refractivity contribution < 1.29 is 14.3 Å². The van der Waals surface area contributed by atoms with Gasteiger partial charge in [-0.15, -0.1) is 0 Å². The summed E-state index contributed by atoms with van der Waals surface area (Å²) in [5.74, 6) is 0.802. The molecule has 1 N–H and O–H groups in total. The Morgan fingerprint density at radius 3 is 2.61 bits per heavy atom. The lowest BCUT2D eigenvalue weighted by atomic mass is 10.1. The van der Waals surface area contributed by atoms with Gasteiger partial charge in [-0.25, -0.2) is 4.79 Å². The molecule has 0 aliphatic carbocycles. The Morgan fingerprint density at radius 2 is 1.93 bits per heavy atom. The summed E-state index contributed by atoms with van der Waals surface area (Å²) in [6.45, 7) is 4.23. The number of hydrogen-bond donors (Lipinski definition) is 1. The largest absolute Gasteiger partial charge is 0.494 e. The highest BCUT2D eigenvalue weighted by molar-refractivity contribution is 6.34. The molecule has 0 radical (unpaired) electrons. The molecule has 3 rings (SSSR count). The lowest BCUT2D eigenvalue weighted by Crippen LogP contribution is -2.44. The first-order valence-electron chi connectivity index (χ1n) is 9.41. The summed E-state index contributed by atoms with van der Waals surface area (Å²) < 4.78 is 11.5. The molecule has 1 saturated heterocycles. The topological polar surface area (TPSA) is 50.8 Å². The molecule has 1 atom stereocenters. The van der Waals surface area contributed by atoms with Crippen molar-refractivity contribution in [3.05, 3.63) is 58.1 Å². The van der Waals surface area contributed by atoms with Gasteiger partial charge >= 0.3 is 6.03 Å². The molecule has 7 heteroatoms. The molecule has 0 spiro atoms. The summed E-state index contributed by atoms with van der Waals surface area (Å²) in [4.78, 5) is 14.4. The van der Waals surface area contributed by atoms with Gasteiger partial charge in [0.15, 0.2) is 0 Å². The van der Waals surface area contributed by atoms with Gasteiger partial charge in [0.1, 0.15) is 11.9 Å². The van der Waals surface area contributed by atoms with Crippen LogP contribution in [-0.4, -0.2) is 37.2 Å². The molecule has 150 valence electrons. The molecule has 2 aromatic rings. The maximum atomic E-state index is 12.6. The molecule has 2 amide bonds. The van der Waals surface area contributed by atoms with Gasteiger partial charge in [-0.05, 0) is 54.4 Å². The number of nitrogens with zero attached hydrogens (tertiary/aromatic N) is 1. The second-order valence-electron chi connectivity index (χ2n) is 6.66. The molecule has 1 fully saturated rings. The van der Waals surface area contributed by atoms with Crippen LogP contribution >= 0.6 is 23.2 Å². The van der Waals surface area contributed by atoms with Crippen LogP contribution in [0.3, 0.4) is 0 Å². The van der Waals surface area contributed by atoms with Gasteiger partial charge in [-0.1, -0.05) is 36.5 Å². The normalized spacial score (nSPS) is 16.7. The molecule has 0 aromatic heterocycles. The maximum Gasteiger partial charge on any atom is 0.322 e. The molecule has 0 bridgehead atoms. The summed E-state index contributed by atoms with van der Waals surface area (Å²) in [6.07, 6.45) is 1.86. The number of halogens is 2. The molecule has 1 unspecified atom stereocenters. The Bertz CT molecular complexity index is 778. The van der Waals surface area contributed by atoms with Crippen molar-refractivity contribution in [2.75, 3.05) is 31.6 Å². The second-order valence-corrected chi connectivity index (χ2v) is 7.54. The maximum absolute atomic E-state index is 12.6. The van der Waals surface area contributed by atoms with Gasteiger partial charge in [0, 0.05) is 22.3 Å². The van der Waals surface area contributed by atoms with Crippen molar-refractivity contribution in [2.45, 2.75) is 25.9 Å². The number of nitrogens with one attached hydrogen (secondary N) is 1. The number of amides is 2. The summed E-state index contributed by atoms with van der Waals surface area (Å²) in [7, 11) is 0. The molecule has 1 heterocycles. The third kappa shape index (κ3) is 5.77. The number of ether oxygens (including phenoxy) is 2. The van der Waals surface area contributed by atoms with Crippen molar-refractivity contribution >= 4 is 34.9 Å². The predicted molar refractivity (Wildman–Crippen MR) is 113 cm³/mol. The minimum absolute atomic E-state index is 0.166. The van der Waals surface area contributed by atoms with E-state index < -0.39 is 0 Å². The van der Waals surface area contributed by atoms with Crippen LogP contribution in [0.1, 0.15) is 31.4 Å². The Balaban J connectivity index is 1.58. The Morgan fingerprint density at radius 1 is 1.21 bits per heavy atom. The van der Waals surface area contributed by atoms with Gasteiger partial charge in [0.05, 0.1) is 19.8 Å². The van der Waals surface area contributed by atoms with E-state index in [2.05, 4.69) is 12.2 Å². The fourth-order valence-electron chi connectivity index (χ4n) is 2.97. The molecule has 5 nitrogen and oxygen atoms in total. The lowest BCUT2D eigenvalue weighted by molar-refractivity contribution is -0.0134. The molecular formula is C21H24Cl2N2O3. The van der Waals surface area contributed by atoms with Crippen molar-refractivity contribution in [3.8, 4) is 5.75 Å². The highest BCUT2D eigenvalue weighted by atomic mass is 35.5. The lowest BCUT2D eigenvalue weighted by Gasteiger charge is -2.33. The smallest absolute Gasteiger partial charge is 0.322 e. The van der Waals surface area contributed by atoms with Crippen LogP contribution in [0.2, 0.25) is 10.0 Å². The zero-order valence-corrected chi connectivity index (χ0v) is 17.3. The minimum Gasteiger partial charge on any atom is -0.494 e. The van der Waals surface area contributed by atoms with Crippen LogP contribution in [-0.2, 0) is 4.74 Å². The standard InChI is InChI=1S/C21H24Cl2N2O3/c1-2-3-9-27-19-6-4-18(5-7-19)24-21(26)25-8-10-28-20(14-25)15-11-16(22)13-17(23)12-15/h4-7,11-13,20H,2-3,8-10,14H2,1H3,(H,24,26). The quantitative estimate of drug-likeness (QED) is 0.600. The number of morpholine rings is 1. The fraction of sp³-hybridized carbons (Fsp3) is 0.381. The number of urea groups is 1. The van der Waals surface area contributed by atoms with E-state index in [9.17, 15) is 4.79 Å². The van der Waals surface area contributed by atoms with E-state index in [1.165, 1.54) is 0 Å². The van der Waals surface area contributed by atoms with E-state index in [0.717, 1.165) is 29.8 Å². The number of unbranched alkanes of at least 4 members (excludes halogenated alkanes) is 1. The molecule has 1 aliphatic heterocycles.